The molecule has 2 atom stereocenters. The van der Waals surface area contributed by atoms with E-state index in [1.807, 2.05) is 11.0 Å². The second kappa shape index (κ2) is 8.74. The van der Waals surface area contributed by atoms with Gasteiger partial charge < -0.3 is 20.3 Å². The Morgan fingerprint density at radius 3 is 2.57 bits per heavy atom. The highest BCUT2D eigenvalue weighted by Gasteiger charge is 2.45. The van der Waals surface area contributed by atoms with Gasteiger partial charge in [0.2, 0.25) is 0 Å². The molecule has 1 spiro atoms. The molecule has 2 aliphatic heterocycles. The highest BCUT2D eigenvalue weighted by Crippen LogP contribution is 2.36. The van der Waals surface area contributed by atoms with Crippen LogP contribution in [0, 0.1) is 5.82 Å². The topological polar surface area (TPSA) is 99.1 Å². The Hall–Kier alpha value is -2.40. The van der Waals surface area contributed by atoms with Crippen LogP contribution in [0.2, 0.25) is 0 Å². The van der Waals surface area contributed by atoms with Crippen LogP contribution in [0.4, 0.5) is 23.2 Å². The molecule has 0 bridgehead atoms. The van der Waals surface area contributed by atoms with Gasteiger partial charge in [0, 0.05) is 25.2 Å². The second-order valence-electron chi connectivity index (χ2n) is 6.71. The Balaban J connectivity index is 0.000000345. The molecule has 0 aliphatic carbocycles. The van der Waals surface area contributed by atoms with Gasteiger partial charge in [0.1, 0.15) is 5.82 Å². The Kier molecular flexibility index (Phi) is 6.83. The lowest BCUT2D eigenvalue weighted by atomic mass is 9.97. The van der Waals surface area contributed by atoms with E-state index in [2.05, 4.69) is 5.32 Å². The van der Waals surface area contributed by atoms with E-state index in [0.29, 0.717) is 13.2 Å². The fourth-order valence-corrected chi connectivity index (χ4v) is 3.29. The number of carbonyl (C=O) groups is 2. The van der Waals surface area contributed by atoms with E-state index in [0.717, 1.165) is 25.1 Å². The van der Waals surface area contributed by atoms with Crippen molar-refractivity contribution in [1.82, 2.24) is 4.90 Å². The van der Waals surface area contributed by atoms with Gasteiger partial charge in [0.25, 0.3) is 0 Å². The van der Waals surface area contributed by atoms with Crippen molar-refractivity contribution in [1.29, 1.82) is 0 Å². The maximum atomic E-state index is 13.2. The minimum atomic E-state index is -5.08. The molecule has 2 unspecified atom stereocenters. The normalized spacial score (nSPS) is 24.6. The summed E-state index contributed by atoms with van der Waals surface area (Å²) in [6, 6.07) is 6.53. The van der Waals surface area contributed by atoms with Crippen molar-refractivity contribution in [3.05, 3.63) is 30.1 Å². The van der Waals surface area contributed by atoms with Crippen LogP contribution in [0.25, 0.3) is 0 Å². The fraction of sp³-hybridized carbons (Fsp3) is 0.529. The zero-order valence-corrected chi connectivity index (χ0v) is 14.7. The molecule has 0 amide bonds. The van der Waals surface area contributed by atoms with Gasteiger partial charge in [-0.15, -0.1) is 0 Å². The van der Waals surface area contributed by atoms with Crippen molar-refractivity contribution >= 4 is 17.6 Å². The van der Waals surface area contributed by atoms with E-state index in [9.17, 15) is 22.4 Å². The van der Waals surface area contributed by atoms with Gasteiger partial charge in [0.05, 0.1) is 24.8 Å². The summed E-state index contributed by atoms with van der Waals surface area (Å²) in [4.78, 5) is 21.6. The molecule has 0 saturated carbocycles. The Bertz CT molecular complexity index is 715. The summed E-state index contributed by atoms with van der Waals surface area (Å²) in [5, 5.41) is 19.3. The lowest BCUT2D eigenvalue weighted by molar-refractivity contribution is -0.192. The fourth-order valence-electron chi connectivity index (χ4n) is 3.29. The Morgan fingerprint density at radius 1 is 1.32 bits per heavy atom. The molecule has 0 radical (unpaired) electrons. The average Bonchev–Trinajstić information content (AvgIpc) is 3.13. The number of anilines is 1. The number of aliphatic carboxylic acids is 2. The van der Waals surface area contributed by atoms with Gasteiger partial charge in [-0.1, -0.05) is 6.07 Å². The molecule has 2 aliphatic rings. The molecule has 1 aromatic rings. The van der Waals surface area contributed by atoms with Crippen LogP contribution < -0.4 is 5.32 Å². The molecular weight excluding hydrogens is 388 g/mol. The molecule has 28 heavy (non-hydrogen) atoms. The molecule has 156 valence electrons. The zero-order valence-electron chi connectivity index (χ0n) is 14.7. The van der Waals surface area contributed by atoms with Gasteiger partial charge in [0.15, 0.2) is 0 Å². The number of hydrogen-bond acceptors (Lipinski definition) is 5. The summed E-state index contributed by atoms with van der Waals surface area (Å²) >= 11 is 0. The number of likely N-dealkylation sites (tertiary alicyclic amines) is 1. The van der Waals surface area contributed by atoms with Crippen LogP contribution in [0.3, 0.4) is 0 Å². The van der Waals surface area contributed by atoms with Crippen molar-refractivity contribution in [2.45, 2.75) is 30.7 Å². The lowest BCUT2D eigenvalue weighted by Gasteiger charge is -2.23. The van der Waals surface area contributed by atoms with Crippen molar-refractivity contribution in [2.24, 2.45) is 0 Å². The lowest BCUT2D eigenvalue weighted by Crippen LogP contribution is -2.35. The third-order valence-electron chi connectivity index (χ3n) is 4.40. The molecule has 3 N–H and O–H groups in total. The predicted molar refractivity (Wildman–Crippen MR) is 89.5 cm³/mol. The van der Waals surface area contributed by atoms with Gasteiger partial charge in [-0.2, -0.15) is 13.2 Å². The Labute approximate surface area is 157 Å². The summed E-state index contributed by atoms with van der Waals surface area (Å²) in [5.41, 5.74) is 0.501. The first-order chi connectivity index (χ1) is 13.0. The highest BCUT2D eigenvalue weighted by atomic mass is 19.4. The third-order valence-corrected chi connectivity index (χ3v) is 4.40. The molecule has 7 nitrogen and oxygen atoms in total. The molecule has 2 fully saturated rings. The number of alkyl halides is 3. The first-order valence-corrected chi connectivity index (χ1v) is 8.39. The van der Waals surface area contributed by atoms with E-state index < -0.39 is 18.1 Å². The summed E-state index contributed by atoms with van der Waals surface area (Å²) in [6.45, 7) is 2.03. The molecule has 2 heterocycles. The highest BCUT2D eigenvalue weighted by molar-refractivity contribution is 5.73. The quantitative estimate of drug-likeness (QED) is 0.657. The van der Waals surface area contributed by atoms with Crippen molar-refractivity contribution in [3.8, 4) is 0 Å². The molecule has 1 aromatic carbocycles. The minimum Gasteiger partial charge on any atom is -0.480 e. The second-order valence-corrected chi connectivity index (χ2v) is 6.71. The van der Waals surface area contributed by atoms with Crippen LogP contribution in [-0.2, 0) is 14.3 Å². The smallest absolute Gasteiger partial charge is 0.480 e. The maximum Gasteiger partial charge on any atom is 0.490 e. The molecular formula is C17H20F4N2O5. The number of benzene rings is 1. The van der Waals surface area contributed by atoms with Gasteiger partial charge in [-0.25, -0.2) is 9.18 Å². The Morgan fingerprint density at radius 2 is 2.00 bits per heavy atom. The number of hydrogen-bond donors (Lipinski definition) is 3. The van der Waals surface area contributed by atoms with E-state index >= 15 is 0 Å². The van der Waals surface area contributed by atoms with E-state index in [1.165, 1.54) is 12.1 Å². The van der Waals surface area contributed by atoms with Crippen LogP contribution in [-0.4, -0.2) is 71.1 Å². The van der Waals surface area contributed by atoms with Crippen LogP contribution in [0.1, 0.15) is 12.8 Å². The number of ether oxygens (including phenoxy) is 1. The number of nitrogens with zero attached hydrogens (tertiary/aromatic N) is 1. The summed E-state index contributed by atoms with van der Waals surface area (Å²) < 4.78 is 50.8. The first-order valence-electron chi connectivity index (χ1n) is 8.39. The summed E-state index contributed by atoms with van der Waals surface area (Å²) in [6.07, 6.45) is -3.42. The molecule has 0 aromatic heterocycles. The van der Waals surface area contributed by atoms with E-state index in [-0.39, 0.29) is 24.0 Å². The minimum absolute atomic E-state index is 0.0626. The predicted octanol–water partition coefficient (Wildman–Crippen LogP) is 2.19. The standard InChI is InChI=1S/C15H19FN2O3.C2HF3O2/c16-11-2-1-3-12(6-11)17-13-7-15(21-9-13)4-5-18(10-15)8-14(19)20;3-2(4,5)1(6)7/h1-3,6,13,17H,4-5,7-10H2,(H,19,20);(H,6,7). The average molecular weight is 408 g/mol. The van der Waals surface area contributed by atoms with E-state index in [1.54, 1.807) is 6.07 Å². The van der Waals surface area contributed by atoms with Crippen molar-refractivity contribution in [3.63, 3.8) is 0 Å². The van der Waals surface area contributed by atoms with E-state index in [4.69, 9.17) is 19.7 Å². The SMILES string of the molecule is O=C(O)C(F)(F)F.O=C(O)CN1CCC2(CC(Nc3cccc(F)c3)CO2)C1. The van der Waals surface area contributed by atoms with Crippen LogP contribution >= 0.6 is 0 Å². The zero-order chi connectivity index (χ0) is 20.9. The number of carboxylic acid groups (broad SMARTS) is 2. The molecule has 2 saturated heterocycles. The van der Waals surface area contributed by atoms with Crippen molar-refractivity contribution in [2.75, 3.05) is 31.6 Å². The summed E-state index contributed by atoms with van der Waals surface area (Å²) in [5.74, 6) is -3.82. The monoisotopic (exact) mass is 408 g/mol. The van der Waals surface area contributed by atoms with Gasteiger partial charge >= 0.3 is 18.1 Å². The van der Waals surface area contributed by atoms with Crippen molar-refractivity contribution < 1.29 is 42.1 Å². The number of rotatable bonds is 4. The molecule has 11 heteroatoms. The number of halogens is 4. The number of carboxylic acids is 2. The third kappa shape index (κ3) is 6.34. The maximum absolute atomic E-state index is 13.2. The van der Waals surface area contributed by atoms with Crippen LogP contribution in [0.5, 0.6) is 0 Å². The van der Waals surface area contributed by atoms with Crippen LogP contribution in [0.15, 0.2) is 24.3 Å². The number of nitrogens with one attached hydrogen (secondary N) is 1. The summed E-state index contributed by atoms with van der Waals surface area (Å²) in [7, 11) is 0. The molecule has 3 rings (SSSR count). The first kappa shape index (κ1) is 21.9. The van der Waals surface area contributed by atoms with Gasteiger partial charge in [-0.05, 0) is 24.6 Å². The van der Waals surface area contributed by atoms with Gasteiger partial charge in [-0.3, -0.25) is 9.69 Å². The largest absolute Gasteiger partial charge is 0.490 e.